The van der Waals surface area contributed by atoms with Gasteiger partial charge in [0.1, 0.15) is 6.10 Å². The monoisotopic (exact) mass is 292 g/mol. The summed E-state index contributed by atoms with van der Waals surface area (Å²) >= 11 is 0. The lowest BCUT2D eigenvalue weighted by Crippen LogP contribution is -2.46. The van der Waals surface area contributed by atoms with Crippen LogP contribution in [0.25, 0.3) is 0 Å². The third-order valence-corrected chi connectivity index (χ3v) is 3.97. The zero-order valence-electron chi connectivity index (χ0n) is 12.7. The molecule has 5 heteroatoms. The Morgan fingerprint density at radius 1 is 1.33 bits per heavy atom. The quantitative estimate of drug-likeness (QED) is 0.817. The van der Waals surface area contributed by atoms with Crippen molar-refractivity contribution >= 4 is 5.91 Å². The molecular weight excluding hydrogens is 268 g/mol. The summed E-state index contributed by atoms with van der Waals surface area (Å²) in [7, 11) is 0. The Kier molecular flexibility index (Phi) is 5.73. The Hall–Kier alpha value is -1.43. The molecule has 116 valence electrons. The molecule has 0 radical (unpaired) electrons. The number of aliphatic hydroxyl groups excluding tert-OH is 1. The number of aliphatic hydroxyl groups is 1. The Morgan fingerprint density at radius 3 is 2.62 bits per heavy atom. The normalized spacial score (nSPS) is 25.2. The van der Waals surface area contributed by atoms with Crippen molar-refractivity contribution in [2.24, 2.45) is 0 Å². The standard InChI is InChI=1S/C16H24N2O3/c1-3-18(4-2)10-14-15(19)13(11-21-14)17-16(20)12-8-6-5-7-9-12/h5-9,13-15,19H,3-4,10-11H2,1-2H3,(H,17,20). The molecule has 0 saturated carbocycles. The molecule has 1 heterocycles. The summed E-state index contributed by atoms with van der Waals surface area (Å²) in [5.74, 6) is -0.174. The first-order chi connectivity index (χ1) is 10.2. The summed E-state index contributed by atoms with van der Waals surface area (Å²) in [4.78, 5) is 14.3. The van der Waals surface area contributed by atoms with Crippen LogP contribution in [-0.2, 0) is 4.74 Å². The average molecular weight is 292 g/mol. The predicted molar refractivity (Wildman–Crippen MR) is 81.2 cm³/mol. The maximum absolute atomic E-state index is 12.1. The highest BCUT2D eigenvalue weighted by atomic mass is 16.5. The van der Waals surface area contributed by atoms with Crippen LogP contribution in [0.4, 0.5) is 0 Å². The van der Waals surface area contributed by atoms with Crippen LogP contribution in [0.1, 0.15) is 24.2 Å². The minimum atomic E-state index is -0.668. The molecular formula is C16H24N2O3. The molecule has 5 nitrogen and oxygen atoms in total. The molecule has 0 aromatic heterocycles. The fourth-order valence-corrected chi connectivity index (χ4v) is 2.55. The van der Waals surface area contributed by atoms with E-state index in [1.807, 2.05) is 18.2 Å². The van der Waals surface area contributed by atoms with Crippen molar-refractivity contribution in [3.8, 4) is 0 Å². The first-order valence-corrected chi connectivity index (χ1v) is 7.53. The highest BCUT2D eigenvalue weighted by molar-refractivity contribution is 5.94. The number of nitrogens with zero attached hydrogens (tertiary/aromatic N) is 1. The minimum Gasteiger partial charge on any atom is -0.388 e. The van der Waals surface area contributed by atoms with E-state index in [4.69, 9.17) is 4.74 Å². The van der Waals surface area contributed by atoms with Gasteiger partial charge >= 0.3 is 0 Å². The molecule has 0 spiro atoms. The smallest absolute Gasteiger partial charge is 0.251 e. The van der Waals surface area contributed by atoms with Gasteiger partial charge in [0.2, 0.25) is 0 Å². The molecule has 1 aliphatic rings. The highest BCUT2D eigenvalue weighted by Crippen LogP contribution is 2.16. The second kappa shape index (κ2) is 7.54. The fourth-order valence-electron chi connectivity index (χ4n) is 2.55. The molecule has 1 amide bonds. The first-order valence-electron chi connectivity index (χ1n) is 7.53. The number of carbonyl (C=O) groups excluding carboxylic acids is 1. The van der Waals surface area contributed by atoms with Gasteiger partial charge in [0.25, 0.3) is 5.91 Å². The van der Waals surface area contributed by atoms with Crippen LogP contribution < -0.4 is 5.32 Å². The van der Waals surface area contributed by atoms with Crippen LogP contribution in [0.15, 0.2) is 30.3 Å². The molecule has 21 heavy (non-hydrogen) atoms. The number of carbonyl (C=O) groups is 1. The molecule has 0 aliphatic carbocycles. The third kappa shape index (κ3) is 4.03. The van der Waals surface area contributed by atoms with Crippen LogP contribution in [0.5, 0.6) is 0 Å². The van der Waals surface area contributed by atoms with Crippen molar-refractivity contribution in [3.63, 3.8) is 0 Å². The first kappa shape index (κ1) is 15.9. The predicted octanol–water partition coefficient (Wildman–Crippen LogP) is 0.886. The molecule has 1 aliphatic heterocycles. The van der Waals surface area contributed by atoms with E-state index < -0.39 is 6.10 Å². The van der Waals surface area contributed by atoms with Gasteiger partial charge in [0, 0.05) is 12.1 Å². The van der Waals surface area contributed by atoms with E-state index in [9.17, 15) is 9.90 Å². The summed E-state index contributed by atoms with van der Waals surface area (Å²) in [6.07, 6.45) is -0.913. The largest absolute Gasteiger partial charge is 0.388 e. The van der Waals surface area contributed by atoms with E-state index in [0.29, 0.717) is 18.7 Å². The Labute approximate surface area is 125 Å². The molecule has 1 aromatic carbocycles. The maximum Gasteiger partial charge on any atom is 0.251 e. The van der Waals surface area contributed by atoms with Gasteiger partial charge in [-0.3, -0.25) is 4.79 Å². The number of hydrogen-bond donors (Lipinski definition) is 2. The fraction of sp³-hybridized carbons (Fsp3) is 0.562. The Morgan fingerprint density at radius 2 is 2.00 bits per heavy atom. The number of hydrogen-bond acceptors (Lipinski definition) is 4. The van der Waals surface area contributed by atoms with Crippen molar-refractivity contribution < 1.29 is 14.6 Å². The number of ether oxygens (including phenoxy) is 1. The van der Waals surface area contributed by atoms with E-state index in [1.54, 1.807) is 12.1 Å². The molecule has 3 atom stereocenters. The van der Waals surface area contributed by atoms with Gasteiger partial charge < -0.3 is 20.1 Å². The van der Waals surface area contributed by atoms with Crippen LogP contribution >= 0.6 is 0 Å². The average Bonchev–Trinajstić information content (AvgIpc) is 2.86. The minimum absolute atomic E-state index is 0.174. The second-order valence-corrected chi connectivity index (χ2v) is 5.29. The topological polar surface area (TPSA) is 61.8 Å². The van der Waals surface area contributed by atoms with Gasteiger partial charge in [-0.25, -0.2) is 0 Å². The summed E-state index contributed by atoms with van der Waals surface area (Å²) in [5, 5.41) is 13.2. The Bertz CT molecular complexity index is 448. The third-order valence-electron chi connectivity index (χ3n) is 3.97. The van der Waals surface area contributed by atoms with Gasteiger partial charge in [-0.05, 0) is 25.2 Å². The number of nitrogens with one attached hydrogen (secondary N) is 1. The van der Waals surface area contributed by atoms with Gasteiger partial charge in [-0.2, -0.15) is 0 Å². The van der Waals surface area contributed by atoms with Gasteiger partial charge in [0.15, 0.2) is 0 Å². The van der Waals surface area contributed by atoms with Crippen molar-refractivity contribution in [1.82, 2.24) is 10.2 Å². The van der Waals surface area contributed by atoms with E-state index in [2.05, 4.69) is 24.1 Å². The molecule has 1 saturated heterocycles. The van der Waals surface area contributed by atoms with Crippen molar-refractivity contribution in [1.29, 1.82) is 0 Å². The number of amides is 1. The van der Waals surface area contributed by atoms with Crippen LogP contribution in [0, 0.1) is 0 Å². The van der Waals surface area contributed by atoms with Crippen molar-refractivity contribution in [3.05, 3.63) is 35.9 Å². The number of benzene rings is 1. The Balaban J connectivity index is 1.90. The van der Waals surface area contributed by atoms with E-state index in [1.165, 1.54) is 0 Å². The summed E-state index contributed by atoms with van der Waals surface area (Å²) in [5.41, 5.74) is 0.594. The lowest BCUT2D eigenvalue weighted by atomic mass is 10.1. The van der Waals surface area contributed by atoms with Gasteiger partial charge in [-0.1, -0.05) is 32.0 Å². The maximum atomic E-state index is 12.1. The summed E-state index contributed by atoms with van der Waals surface area (Å²) < 4.78 is 5.64. The molecule has 2 rings (SSSR count). The highest BCUT2D eigenvalue weighted by Gasteiger charge is 2.37. The van der Waals surface area contributed by atoms with Crippen molar-refractivity contribution in [2.75, 3.05) is 26.2 Å². The zero-order valence-corrected chi connectivity index (χ0v) is 12.7. The molecule has 1 aromatic rings. The SMILES string of the molecule is CCN(CC)CC1OCC(NC(=O)c2ccccc2)C1O. The summed E-state index contributed by atoms with van der Waals surface area (Å²) in [6.45, 7) is 7.05. The van der Waals surface area contributed by atoms with E-state index in [-0.39, 0.29) is 18.1 Å². The van der Waals surface area contributed by atoms with Crippen LogP contribution in [-0.4, -0.2) is 60.4 Å². The van der Waals surface area contributed by atoms with Gasteiger partial charge in [0.05, 0.1) is 18.8 Å². The molecule has 0 bridgehead atoms. The van der Waals surface area contributed by atoms with Gasteiger partial charge in [-0.15, -0.1) is 0 Å². The zero-order chi connectivity index (χ0) is 15.2. The van der Waals surface area contributed by atoms with Crippen LogP contribution in [0.3, 0.4) is 0 Å². The number of rotatable bonds is 6. The second-order valence-electron chi connectivity index (χ2n) is 5.29. The van der Waals surface area contributed by atoms with Crippen molar-refractivity contribution in [2.45, 2.75) is 32.1 Å². The molecule has 2 N–H and O–H groups in total. The lowest BCUT2D eigenvalue weighted by molar-refractivity contribution is 0.0171. The molecule has 1 fully saturated rings. The van der Waals surface area contributed by atoms with Crippen LogP contribution in [0.2, 0.25) is 0 Å². The summed E-state index contributed by atoms with van der Waals surface area (Å²) in [6, 6.07) is 8.66. The lowest BCUT2D eigenvalue weighted by Gasteiger charge is -2.24. The molecule has 3 unspecified atom stereocenters. The van der Waals surface area contributed by atoms with E-state index >= 15 is 0 Å². The number of likely N-dealkylation sites (N-methyl/N-ethyl adjacent to an activating group) is 1. The van der Waals surface area contributed by atoms with E-state index in [0.717, 1.165) is 13.1 Å².